The summed E-state index contributed by atoms with van der Waals surface area (Å²) in [6, 6.07) is 7.17. The minimum atomic E-state index is -3.49. The van der Waals surface area contributed by atoms with E-state index in [0.717, 1.165) is 12.0 Å². The van der Waals surface area contributed by atoms with Crippen LogP contribution in [0.3, 0.4) is 0 Å². The van der Waals surface area contributed by atoms with Crippen LogP contribution >= 0.6 is 0 Å². The Morgan fingerprint density at radius 1 is 1.24 bits per heavy atom. The highest BCUT2D eigenvalue weighted by molar-refractivity contribution is 7.89. The van der Waals surface area contributed by atoms with Crippen LogP contribution in [0.5, 0.6) is 0 Å². The van der Waals surface area contributed by atoms with Gasteiger partial charge in [-0.2, -0.15) is 0 Å². The second-order valence-corrected chi connectivity index (χ2v) is 8.24. The molecule has 0 aliphatic carbocycles. The molecule has 2 atom stereocenters. The average Bonchev–Trinajstić information content (AvgIpc) is 2.39. The molecule has 21 heavy (non-hydrogen) atoms. The molecule has 0 fully saturated rings. The van der Waals surface area contributed by atoms with Crippen LogP contribution in [0.2, 0.25) is 0 Å². The molecule has 0 amide bonds. The first-order chi connectivity index (χ1) is 9.61. The molecule has 1 aromatic carbocycles. The highest BCUT2D eigenvalue weighted by Gasteiger charge is 2.26. The van der Waals surface area contributed by atoms with Crippen LogP contribution in [-0.4, -0.2) is 21.5 Å². The van der Waals surface area contributed by atoms with Crippen molar-refractivity contribution in [2.45, 2.75) is 58.0 Å². The van der Waals surface area contributed by atoms with E-state index in [1.807, 2.05) is 40.8 Å². The van der Waals surface area contributed by atoms with Gasteiger partial charge in [0.15, 0.2) is 0 Å². The molecule has 0 spiro atoms. The lowest BCUT2D eigenvalue weighted by atomic mass is 9.89. The highest BCUT2D eigenvalue weighted by Crippen LogP contribution is 2.23. The minimum Gasteiger partial charge on any atom is -0.313 e. The van der Waals surface area contributed by atoms with Gasteiger partial charge in [-0.1, -0.05) is 39.8 Å². The van der Waals surface area contributed by atoms with Crippen molar-refractivity contribution in [3.05, 3.63) is 29.8 Å². The summed E-state index contributed by atoms with van der Waals surface area (Å²) in [7, 11) is -1.61. The van der Waals surface area contributed by atoms with Gasteiger partial charge in [-0.3, -0.25) is 0 Å². The third kappa shape index (κ3) is 4.80. The molecule has 0 heterocycles. The predicted molar refractivity (Wildman–Crippen MR) is 87.8 cm³/mol. The predicted octanol–water partition coefficient (Wildman–Crippen LogP) is 3.07. The third-order valence-corrected chi connectivity index (χ3v) is 5.50. The molecule has 0 aliphatic rings. The van der Waals surface area contributed by atoms with Gasteiger partial charge < -0.3 is 5.32 Å². The lowest BCUT2D eigenvalue weighted by Crippen LogP contribution is -2.41. The summed E-state index contributed by atoms with van der Waals surface area (Å²) < 4.78 is 27.8. The van der Waals surface area contributed by atoms with Gasteiger partial charge in [0.25, 0.3) is 0 Å². The minimum absolute atomic E-state index is 0.123. The van der Waals surface area contributed by atoms with Gasteiger partial charge in [0.05, 0.1) is 4.90 Å². The first kappa shape index (κ1) is 18.1. The standard InChI is InChI=1S/C16H28N2O2S/c1-7-15(17-6)13-9-8-10-14(11-13)21(19,20)18-12(2)16(3,4)5/h8-12,15,17-18H,7H2,1-6H3. The Morgan fingerprint density at radius 3 is 2.33 bits per heavy atom. The topological polar surface area (TPSA) is 58.2 Å². The van der Waals surface area contributed by atoms with E-state index in [1.54, 1.807) is 18.2 Å². The Morgan fingerprint density at radius 2 is 1.86 bits per heavy atom. The van der Waals surface area contributed by atoms with Crippen molar-refractivity contribution in [3.8, 4) is 0 Å². The number of nitrogens with one attached hydrogen (secondary N) is 2. The maximum Gasteiger partial charge on any atom is 0.240 e. The van der Waals surface area contributed by atoms with E-state index in [1.165, 1.54) is 0 Å². The van der Waals surface area contributed by atoms with Crippen molar-refractivity contribution in [1.82, 2.24) is 10.0 Å². The molecule has 0 saturated heterocycles. The first-order valence-electron chi connectivity index (χ1n) is 7.41. The summed E-state index contributed by atoms with van der Waals surface area (Å²) in [5.41, 5.74) is 0.869. The van der Waals surface area contributed by atoms with Gasteiger partial charge in [-0.15, -0.1) is 0 Å². The lowest BCUT2D eigenvalue weighted by molar-refractivity contribution is 0.317. The molecule has 2 N–H and O–H groups in total. The van der Waals surface area contributed by atoms with Gasteiger partial charge in [-0.05, 0) is 43.5 Å². The van der Waals surface area contributed by atoms with E-state index in [-0.39, 0.29) is 17.5 Å². The summed E-state index contributed by atoms with van der Waals surface area (Å²) in [5, 5.41) is 3.20. The van der Waals surface area contributed by atoms with E-state index in [9.17, 15) is 8.42 Å². The van der Waals surface area contributed by atoms with Gasteiger partial charge in [0.2, 0.25) is 10.0 Å². The van der Waals surface area contributed by atoms with E-state index < -0.39 is 10.0 Å². The Bertz CT molecular complexity index is 558. The second kappa shape index (κ2) is 6.90. The van der Waals surface area contributed by atoms with Crippen molar-refractivity contribution < 1.29 is 8.42 Å². The van der Waals surface area contributed by atoms with Crippen LogP contribution in [0.1, 0.15) is 52.6 Å². The molecule has 4 nitrogen and oxygen atoms in total. The van der Waals surface area contributed by atoms with Gasteiger partial charge >= 0.3 is 0 Å². The summed E-state index contributed by atoms with van der Waals surface area (Å²) in [5.74, 6) is 0. The molecule has 0 aromatic heterocycles. The number of hydrogen-bond donors (Lipinski definition) is 2. The van der Waals surface area contributed by atoms with Crippen LogP contribution in [-0.2, 0) is 10.0 Å². The molecule has 1 aromatic rings. The molecule has 0 bridgehead atoms. The Hall–Kier alpha value is -0.910. The zero-order valence-corrected chi connectivity index (χ0v) is 14.7. The molecular weight excluding hydrogens is 284 g/mol. The molecular formula is C16H28N2O2S. The van der Waals surface area contributed by atoms with Crippen LogP contribution < -0.4 is 10.0 Å². The quantitative estimate of drug-likeness (QED) is 0.848. The Balaban J connectivity index is 3.07. The maximum absolute atomic E-state index is 12.5. The van der Waals surface area contributed by atoms with Crippen molar-refractivity contribution in [2.75, 3.05) is 7.05 Å². The number of hydrogen-bond acceptors (Lipinski definition) is 3. The molecule has 5 heteroatoms. The molecule has 120 valence electrons. The fourth-order valence-corrected chi connectivity index (χ4v) is 3.49. The lowest BCUT2D eigenvalue weighted by Gasteiger charge is -2.28. The van der Waals surface area contributed by atoms with Crippen molar-refractivity contribution in [2.24, 2.45) is 5.41 Å². The smallest absolute Gasteiger partial charge is 0.240 e. The summed E-state index contributed by atoms with van der Waals surface area (Å²) in [6.07, 6.45) is 0.909. The zero-order valence-electron chi connectivity index (χ0n) is 13.9. The van der Waals surface area contributed by atoms with Crippen LogP contribution in [0, 0.1) is 5.41 Å². The molecule has 0 aliphatic heterocycles. The summed E-state index contributed by atoms with van der Waals surface area (Å²) in [6.45, 7) is 10.0. The fourth-order valence-electron chi connectivity index (χ4n) is 1.98. The van der Waals surface area contributed by atoms with Crippen LogP contribution in [0.4, 0.5) is 0 Å². The first-order valence-corrected chi connectivity index (χ1v) is 8.89. The summed E-state index contributed by atoms with van der Waals surface area (Å²) >= 11 is 0. The Labute approximate surface area is 129 Å². The molecule has 0 saturated carbocycles. The fraction of sp³-hybridized carbons (Fsp3) is 0.625. The van der Waals surface area contributed by atoms with Crippen molar-refractivity contribution in [1.29, 1.82) is 0 Å². The van der Waals surface area contributed by atoms with Gasteiger partial charge in [0.1, 0.15) is 0 Å². The number of sulfonamides is 1. The number of benzene rings is 1. The Kier molecular flexibility index (Phi) is 5.96. The molecule has 1 rings (SSSR count). The summed E-state index contributed by atoms with van der Waals surface area (Å²) in [4.78, 5) is 0.324. The van der Waals surface area contributed by atoms with E-state index in [2.05, 4.69) is 17.0 Å². The van der Waals surface area contributed by atoms with Crippen molar-refractivity contribution >= 4 is 10.0 Å². The van der Waals surface area contributed by atoms with Crippen LogP contribution in [0.15, 0.2) is 29.2 Å². The number of rotatable bonds is 6. The monoisotopic (exact) mass is 312 g/mol. The second-order valence-electron chi connectivity index (χ2n) is 6.53. The van der Waals surface area contributed by atoms with E-state index in [4.69, 9.17) is 0 Å². The normalized spacial score (nSPS) is 15.7. The largest absolute Gasteiger partial charge is 0.313 e. The maximum atomic E-state index is 12.5. The average molecular weight is 312 g/mol. The third-order valence-electron chi connectivity index (χ3n) is 3.96. The SMILES string of the molecule is CCC(NC)c1cccc(S(=O)(=O)NC(C)C(C)(C)C)c1. The molecule has 0 radical (unpaired) electrons. The van der Waals surface area contributed by atoms with Gasteiger partial charge in [-0.25, -0.2) is 13.1 Å². The van der Waals surface area contributed by atoms with Crippen molar-refractivity contribution in [3.63, 3.8) is 0 Å². The highest BCUT2D eigenvalue weighted by atomic mass is 32.2. The van der Waals surface area contributed by atoms with Crippen LogP contribution in [0.25, 0.3) is 0 Å². The van der Waals surface area contributed by atoms with E-state index >= 15 is 0 Å². The zero-order chi connectivity index (χ0) is 16.3. The van der Waals surface area contributed by atoms with E-state index in [0.29, 0.717) is 4.90 Å². The van der Waals surface area contributed by atoms with Gasteiger partial charge in [0, 0.05) is 12.1 Å². The molecule has 2 unspecified atom stereocenters.